The zero-order valence-corrected chi connectivity index (χ0v) is 17.1. The summed E-state index contributed by atoms with van der Waals surface area (Å²) in [5, 5.41) is 3.90. The number of thiophene rings is 1. The number of aromatic nitrogens is 2. The third kappa shape index (κ3) is 4.06. The van der Waals surface area contributed by atoms with E-state index in [0.717, 1.165) is 5.56 Å². The largest absolute Gasteiger partial charge is 0.333 e. The molecular formula is C20H16FN3O3S2. The second-order valence-corrected chi connectivity index (χ2v) is 9.34. The fourth-order valence-corrected chi connectivity index (χ4v) is 5.36. The standard InChI is InChI=1S/C20H16FN3O3S2/c1-12-4-3-5-16(10-12)24-29(25,26)18-11-17(28-13(18)2)20-22-19(23-27-20)14-6-8-15(21)9-7-14/h3-11,24H,1-2H3. The van der Waals surface area contributed by atoms with Gasteiger partial charge in [0.25, 0.3) is 15.9 Å². The Morgan fingerprint density at radius 2 is 1.83 bits per heavy atom. The lowest BCUT2D eigenvalue weighted by molar-refractivity contribution is 0.433. The van der Waals surface area contributed by atoms with E-state index in [2.05, 4.69) is 14.9 Å². The van der Waals surface area contributed by atoms with E-state index in [1.807, 2.05) is 13.0 Å². The molecule has 0 saturated heterocycles. The average Bonchev–Trinajstić information content (AvgIpc) is 3.29. The van der Waals surface area contributed by atoms with Crippen molar-refractivity contribution in [2.75, 3.05) is 4.72 Å². The molecule has 0 aliphatic heterocycles. The highest BCUT2D eigenvalue weighted by Gasteiger charge is 2.23. The van der Waals surface area contributed by atoms with Crippen molar-refractivity contribution in [1.82, 2.24) is 10.1 Å². The predicted octanol–water partition coefficient (Wildman–Crippen LogP) is 5.02. The molecule has 6 nitrogen and oxygen atoms in total. The zero-order valence-electron chi connectivity index (χ0n) is 15.5. The summed E-state index contributed by atoms with van der Waals surface area (Å²) < 4.78 is 46.6. The van der Waals surface area contributed by atoms with Crippen LogP contribution in [-0.4, -0.2) is 18.6 Å². The monoisotopic (exact) mass is 429 g/mol. The summed E-state index contributed by atoms with van der Waals surface area (Å²) in [5.74, 6) is 0.144. The minimum atomic E-state index is -3.77. The van der Waals surface area contributed by atoms with Crippen LogP contribution in [0.2, 0.25) is 0 Å². The van der Waals surface area contributed by atoms with Crippen molar-refractivity contribution in [3.05, 3.63) is 70.9 Å². The number of nitrogens with zero attached hydrogens (tertiary/aromatic N) is 2. The molecule has 29 heavy (non-hydrogen) atoms. The molecule has 0 saturated carbocycles. The maximum Gasteiger partial charge on any atom is 0.268 e. The van der Waals surface area contributed by atoms with Gasteiger partial charge in [0.2, 0.25) is 5.82 Å². The maximum atomic E-state index is 13.1. The fourth-order valence-electron chi connectivity index (χ4n) is 2.80. The van der Waals surface area contributed by atoms with Gasteiger partial charge in [-0.3, -0.25) is 4.72 Å². The molecule has 9 heteroatoms. The van der Waals surface area contributed by atoms with Gasteiger partial charge in [0.1, 0.15) is 10.7 Å². The molecule has 0 bridgehead atoms. The number of anilines is 1. The summed E-state index contributed by atoms with van der Waals surface area (Å²) in [6.45, 7) is 3.61. The molecule has 0 aliphatic rings. The van der Waals surface area contributed by atoms with Crippen LogP contribution in [-0.2, 0) is 10.0 Å². The summed E-state index contributed by atoms with van der Waals surface area (Å²) >= 11 is 1.24. The molecule has 2 aromatic heterocycles. The van der Waals surface area contributed by atoms with Gasteiger partial charge in [-0.15, -0.1) is 11.3 Å². The van der Waals surface area contributed by atoms with E-state index in [1.54, 1.807) is 37.3 Å². The fraction of sp³-hybridized carbons (Fsp3) is 0.100. The molecule has 0 atom stereocenters. The van der Waals surface area contributed by atoms with Crippen LogP contribution in [0, 0.1) is 19.7 Å². The number of aryl methyl sites for hydroxylation is 2. The first kappa shape index (κ1) is 19.3. The Morgan fingerprint density at radius 3 is 2.55 bits per heavy atom. The predicted molar refractivity (Wildman–Crippen MR) is 110 cm³/mol. The van der Waals surface area contributed by atoms with Gasteiger partial charge in [0, 0.05) is 16.1 Å². The van der Waals surface area contributed by atoms with Crippen molar-refractivity contribution in [3.8, 4) is 22.2 Å². The van der Waals surface area contributed by atoms with Crippen LogP contribution in [0.1, 0.15) is 10.4 Å². The molecule has 148 valence electrons. The second kappa shape index (κ2) is 7.41. The first-order valence-corrected chi connectivity index (χ1v) is 10.9. The normalized spacial score (nSPS) is 11.6. The van der Waals surface area contributed by atoms with Gasteiger partial charge < -0.3 is 4.52 Å². The highest BCUT2D eigenvalue weighted by Crippen LogP contribution is 2.34. The summed E-state index contributed by atoms with van der Waals surface area (Å²) in [7, 11) is -3.77. The van der Waals surface area contributed by atoms with Crippen LogP contribution in [0.4, 0.5) is 10.1 Å². The summed E-state index contributed by atoms with van der Waals surface area (Å²) in [6.07, 6.45) is 0. The third-order valence-electron chi connectivity index (χ3n) is 4.17. The number of halogens is 1. The summed E-state index contributed by atoms with van der Waals surface area (Å²) in [5.41, 5.74) is 2.05. The smallest absolute Gasteiger partial charge is 0.268 e. The molecule has 1 N–H and O–H groups in total. The number of rotatable bonds is 5. The van der Waals surface area contributed by atoms with Crippen molar-refractivity contribution in [1.29, 1.82) is 0 Å². The van der Waals surface area contributed by atoms with E-state index in [4.69, 9.17) is 4.52 Å². The Kier molecular flexibility index (Phi) is 4.93. The Labute approximate surface area is 171 Å². The molecule has 0 fully saturated rings. The Hall–Kier alpha value is -3.04. The Bertz CT molecular complexity index is 1280. The molecule has 0 aliphatic carbocycles. The number of hydrogen-bond donors (Lipinski definition) is 1. The van der Waals surface area contributed by atoms with Gasteiger partial charge in [-0.05, 0) is 61.9 Å². The average molecular weight is 429 g/mol. The van der Waals surface area contributed by atoms with Gasteiger partial charge in [0.05, 0.1) is 4.88 Å². The lowest BCUT2D eigenvalue weighted by atomic mass is 10.2. The first-order valence-electron chi connectivity index (χ1n) is 8.62. The Morgan fingerprint density at radius 1 is 1.07 bits per heavy atom. The molecule has 2 heterocycles. The van der Waals surface area contributed by atoms with E-state index in [9.17, 15) is 12.8 Å². The van der Waals surface area contributed by atoms with Gasteiger partial charge in [0.15, 0.2) is 0 Å². The van der Waals surface area contributed by atoms with E-state index in [1.165, 1.54) is 29.5 Å². The van der Waals surface area contributed by atoms with Crippen LogP contribution in [0.5, 0.6) is 0 Å². The van der Waals surface area contributed by atoms with E-state index in [0.29, 0.717) is 26.8 Å². The van der Waals surface area contributed by atoms with Crippen molar-refractivity contribution in [3.63, 3.8) is 0 Å². The van der Waals surface area contributed by atoms with Gasteiger partial charge >= 0.3 is 0 Å². The third-order valence-corrected chi connectivity index (χ3v) is 6.85. The lowest BCUT2D eigenvalue weighted by Gasteiger charge is -2.08. The minimum Gasteiger partial charge on any atom is -0.333 e. The van der Waals surface area contributed by atoms with Crippen LogP contribution >= 0.6 is 11.3 Å². The number of hydrogen-bond acceptors (Lipinski definition) is 6. The van der Waals surface area contributed by atoms with E-state index in [-0.39, 0.29) is 16.6 Å². The number of sulfonamides is 1. The molecule has 0 radical (unpaired) electrons. The summed E-state index contributed by atoms with van der Waals surface area (Å²) in [4.78, 5) is 5.59. The van der Waals surface area contributed by atoms with Crippen LogP contribution < -0.4 is 4.72 Å². The molecule has 0 spiro atoms. The lowest BCUT2D eigenvalue weighted by Crippen LogP contribution is -2.13. The number of nitrogens with one attached hydrogen (secondary N) is 1. The van der Waals surface area contributed by atoms with Gasteiger partial charge in [-0.2, -0.15) is 4.98 Å². The van der Waals surface area contributed by atoms with Crippen molar-refractivity contribution >= 4 is 27.0 Å². The molecule has 0 amide bonds. The molecular weight excluding hydrogens is 413 g/mol. The minimum absolute atomic E-state index is 0.153. The van der Waals surface area contributed by atoms with Crippen molar-refractivity contribution in [2.45, 2.75) is 18.7 Å². The zero-order chi connectivity index (χ0) is 20.6. The van der Waals surface area contributed by atoms with Crippen LogP contribution in [0.15, 0.2) is 64.0 Å². The van der Waals surface area contributed by atoms with Gasteiger partial charge in [-0.1, -0.05) is 17.3 Å². The van der Waals surface area contributed by atoms with Crippen molar-refractivity contribution < 1.29 is 17.3 Å². The van der Waals surface area contributed by atoms with Crippen molar-refractivity contribution in [2.24, 2.45) is 0 Å². The molecule has 0 unspecified atom stereocenters. The SMILES string of the molecule is Cc1cccc(NS(=O)(=O)c2cc(-c3nc(-c4ccc(F)cc4)no3)sc2C)c1. The quantitative estimate of drug-likeness (QED) is 0.481. The molecule has 2 aromatic carbocycles. The molecule has 4 rings (SSSR count). The van der Waals surface area contributed by atoms with E-state index < -0.39 is 10.0 Å². The highest BCUT2D eigenvalue weighted by atomic mass is 32.2. The Balaban J connectivity index is 1.63. The topological polar surface area (TPSA) is 85.1 Å². The van der Waals surface area contributed by atoms with E-state index >= 15 is 0 Å². The first-order chi connectivity index (χ1) is 13.8. The number of benzene rings is 2. The summed E-state index contributed by atoms with van der Waals surface area (Å²) in [6, 6.07) is 14.4. The highest BCUT2D eigenvalue weighted by molar-refractivity contribution is 7.93. The van der Waals surface area contributed by atoms with Crippen LogP contribution in [0.25, 0.3) is 22.2 Å². The van der Waals surface area contributed by atoms with Crippen LogP contribution in [0.3, 0.4) is 0 Å². The molecule has 4 aromatic rings. The second-order valence-electron chi connectivity index (χ2n) is 6.44. The van der Waals surface area contributed by atoms with Gasteiger partial charge in [-0.25, -0.2) is 12.8 Å². The maximum absolute atomic E-state index is 13.1.